The van der Waals surface area contributed by atoms with E-state index >= 15 is 0 Å². The van der Waals surface area contributed by atoms with Crippen LogP contribution >= 0.6 is 11.8 Å². The fraction of sp³-hybridized carbons (Fsp3) is 0.667. The normalized spacial score (nSPS) is 13.0. The van der Waals surface area contributed by atoms with Crippen molar-refractivity contribution in [3.63, 3.8) is 0 Å². The lowest BCUT2D eigenvalue weighted by Crippen LogP contribution is -2.43. The molecule has 1 amide bonds. The molecule has 0 aromatic heterocycles. The zero-order valence-electron chi connectivity index (χ0n) is 12.2. The summed E-state index contributed by atoms with van der Waals surface area (Å²) in [7, 11) is 0. The van der Waals surface area contributed by atoms with E-state index in [0.717, 1.165) is 11.8 Å². The van der Waals surface area contributed by atoms with Gasteiger partial charge in [-0.05, 0) is 12.8 Å². The van der Waals surface area contributed by atoms with E-state index in [1.807, 2.05) is 0 Å². The Labute approximate surface area is 127 Å². The zero-order valence-corrected chi connectivity index (χ0v) is 13.0. The Bertz CT molecular complexity index is 410. The van der Waals surface area contributed by atoms with Gasteiger partial charge in [-0.15, -0.1) is 0 Å². The summed E-state index contributed by atoms with van der Waals surface area (Å²) >= 11 is 1.04. The molecule has 0 spiro atoms. The number of carboxylic acids is 1. The van der Waals surface area contributed by atoms with Gasteiger partial charge in [0.25, 0.3) is 0 Å². The number of rotatable bonds is 9. The van der Waals surface area contributed by atoms with E-state index in [1.165, 1.54) is 6.92 Å². The van der Waals surface area contributed by atoms with Crippen molar-refractivity contribution in [1.82, 2.24) is 5.32 Å². The fourth-order valence-corrected chi connectivity index (χ4v) is 2.03. The Balaban J connectivity index is 4.29. The summed E-state index contributed by atoms with van der Waals surface area (Å²) in [6.45, 7) is 3.36. The highest BCUT2D eigenvalue weighted by atomic mass is 32.2. The maximum Gasteiger partial charge on any atom is 0.326 e. The molecule has 0 aromatic carbocycles. The number of hydrogen-bond donors (Lipinski definition) is 4. The van der Waals surface area contributed by atoms with Gasteiger partial charge in [0.1, 0.15) is 6.04 Å². The van der Waals surface area contributed by atoms with Crippen LogP contribution in [0.25, 0.3) is 0 Å². The first kappa shape index (κ1) is 19.2. The largest absolute Gasteiger partial charge is 0.480 e. The van der Waals surface area contributed by atoms with Crippen LogP contribution in [0.4, 0.5) is 0 Å². The first-order valence-electron chi connectivity index (χ1n) is 6.46. The molecule has 8 nitrogen and oxygen atoms in total. The van der Waals surface area contributed by atoms with Crippen LogP contribution in [-0.4, -0.2) is 46.4 Å². The van der Waals surface area contributed by atoms with Crippen molar-refractivity contribution in [3.8, 4) is 0 Å². The topological polar surface area (TPSA) is 148 Å². The third kappa shape index (κ3) is 9.72. The molecule has 0 bridgehead atoms. The molecular weight excluding hydrogens is 296 g/mol. The summed E-state index contributed by atoms with van der Waals surface area (Å²) in [5, 5.41) is 11.4. The van der Waals surface area contributed by atoms with Crippen LogP contribution in [0, 0.1) is 5.92 Å². The maximum atomic E-state index is 11.8. The lowest BCUT2D eigenvalue weighted by molar-refractivity contribution is -0.142. The summed E-state index contributed by atoms with van der Waals surface area (Å²) in [4.78, 5) is 37.5. The molecule has 0 aromatic rings. The number of thioether (sulfide) groups is 1. The first-order chi connectivity index (χ1) is 9.73. The van der Waals surface area contributed by atoms with Gasteiger partial charge in [-0.3, -0.25) is 14.6 Å². The van der Waals surface area contributed by atoms with Crippen molar-refractivity contribution in [2.45, 2.75) is 32.7 Å². The molecule has 0 fully saturated rings. The Morgan fingerprint density at radius 1 is 1.33 bits per heavy atom. The zero-order chi connectivity index (χ0) is 16.4. The quantitative estimate of drug-likeness (QED) is 0.255. The van der Waals surface area contributed by atoms with Gasteiger partial charge in [-0.25, -0.2) is 4.79 Å². The number of nitrogens with zero attached hydrogens (tertiary/aromatic N) is 1. The molecular formula is C12H22N4O4S. The van der Waals surface area contributed by atoms with Gasteiger partial charge < -0.3 is 21.9 Å². The number of carbonyl (C=O) groups is 3. The number of amides is 1. The molecule has 9 heteroatoms. The monoisotopic (exact) mass is 318 g/mol. The first-order valence-corrected chi connectivity index (χ1v) is 7.44. The Morgan fingerprint density at radius 3 is 2.43 bits per heavy atom. The summed E-state index contributed by atoms with van der Waals surface area (Å²) in [6, 6.07) is -0.989. The SMILES string of the molecule is CC(=O)SCC(C)C(=O)N[C@@H](CCCN=C(N)N)C(=O)O. The van der Waals surface area contributed by atoms with Gasteiger partial charge >= 0.3 is 5.97 Å². The van der Waals surface area contributed by atoms with E-state index in [4.69, 9.17) is 16.6 Å². The number of guanidine groups is 1. The van der Waals surface area contributed by atoms with Crippen molar-refractivity contribution in [2.24, 2.45) is 22.4 Å². The molecule has 0 saturated heterocycles. The third-order valence-corrected chi connectivity index (χ3v) is 3.62. The molecule has 0 aliphatic heterocycles. The van der Waals surface area contributed by atoms with Crippen LogP contribution in [0.3, 0.4) is 0 Å². The number of aliphatic carboxylic acids is 1. The molecule has 0 saturated carbocycles. The van der Waals surface area contributed by atoms with Crippen LogP contribution in [0.5, 0.6) is 0 Å². The van der Waals surface area contributed by atoms with Crippen LogP contribution in [0.15, 0.2) is 4.99 Å². The van der Waals surface area contributed by atoms with Gasteiger partial charge in [0.05, 0.1) is 0 Å². The molecule has 120 valence electrons. The second kappa shape index (κ2) is 10.0. The van der Waals surface area contributed by atoms with Gasteiger partial charge in [0, 0.05) is 25.1 Å². The van der Waals surface area contributed by atoms with Crippen molar-refractivity contribution in [1.29, 1.82) is 0 Å². The van der Waals surface area contributed by atoms with E-state index in [2.05, 4.69) is 10.3 Å². The second-order valence-electron chi connectivity index (χ2n) is 4.55. The van der Waals surface area contributed by atoms with Crippen molar-refractivity contribution in [2.75, 3.05) is 12.3 Å². The molecule has 0 aliphatic rings. The molecule has 6 N–H and O–H groups in total. The highest BCUT2D eigenvalue weighted by Gasteiger charge is 2.22. The highest BCUT2D eigenvalue weighted by Crippen LogP contribution is 2.10. The van der Waals surface area contributed by atoms with Gasteiger partial charge in [-0.1, -0.05) is 18.7 Å². The van der Waals surface area contributed by atoms with Crippen molar-refractivity contribution >= 4 is 34.7 Å². The molecule has 0 radical (unpaired) electrons. The summed E-state index contributed by atoms with van der Waals surface area (Å²) in [5.41, 5.74) is 10.3. The smallest absolute Gasteiger partial charge is 0.326 e. The van der Waals surface area contributed by atoms with Crippen molar-refractivity contribution < 1.29 is 19.5 Å². The Kier molecular flexibility index (Phi) is 9.18. The summed E-state index contributed by atoms with van der Waals surface area (Å²) in [6.07, 6.45) is 0.663. The minimum atomic E-state index is -1.11. The number of aliphatic imine (C=N–C) groups is 1. The van der Waals surface area contributed by atoms with E-state index in [9.17, 15) is 14.4 Å². The van der Waals surface area contributed by atoms with E-state index in [0.29, 0.717) is 18.7 Å². The Morgan fingerprint density at radius 2 is 1.95 bits per heavy atom. The predicted octanol–water partition coefficient (Wildman–Crippen LogP) is -0.475. The fourth-order valence-electron chi connectivity index (χ4n) is 1.39. The maximum absolute atomic E-state index is 11.8. The minimum absolute atomic E-state index is 0.0548. The van der Waals surface area contributed by atoms with E-state index in [-0.39, 0.29) is 17.5 Å². The molecule has 0 heterocycles. The van der Waals surface area contributed by atoms with Crippen LogP contribution in [0.2, 0.25) is 0 Å². The standard InChI is InChI=1S/C12H22N4O4S/c1-7(6-21-8(2)17)10(18)16-9(11(19)20)4-3-5-15-12(13)14/h7,9H,3-6H2,1-2H3,(H,16,18)(H,19,20)(H4,13,14,15)/t7?,9-/m0/s1. The van der Waals surface area contributed by atoms with Gasteiger partial charge in [-0.2, -0.15) is 0 Å². The van der Waals surface area contributed by atoms with Gasteiger partial charge in [0.15, 0.2) is 11.1 Å². The molecule has 1 unspecified atom stereocenters. The van der Waals surface area contributed by atoms with E-state index in [1.54, 1.807) is 6.92 Å². The van der Waals surface area contributed by atoms with Crippen molar-refractivity contribution in [3.05, 3.63) is 0 Å². The van der Waals surface area contributed by atoms with Crippen LogP contribution in [0.1, 0.15) is 26.7 Å². The number of nitrogens with one attached hydrogen (secondary N) is 1. The predicted molar refractivity (Wildman–Crippen MR) is 81.8 cm³/mol. The summed E-state index contributed by atoms with van der Waals surface area (Å²) < 4.78 is 0. The second-order valence-corrected chi connectivity index (χ2v) is 5.75. The number of hydrogen-bond acceptors (Lipinski definition) is 5. The number of nitrogens with two attached hydrogens (primary N) is 2. The number of carboxylic acid groups (broad SMARTS) is 1. The molecule has 0 aliphatic carbocycles. The number of carbonyl (C=O) groups excluding carboxylic acids is 2. The third-order valence-electron chi connectivity index (χ3n) is 2.54. The molecule has 2 atom stereocenters. The Hall–Kier alpha value is -1.77. The lowest BCUT2D eigenvalue weighted by Gasteiger charge is -2.17. The average Bonchev–Trinajstić information content (AvgIpc) is 2.38. The molecule has 21 heavy (non-hydrogen) atoms. The minimum Gasteiger partial charge on any atom is -0.480 e. The average molecular weight is 318 g/mol. The van der Waals surface area contributed by atoms with Crippen LogP contribution in [-0.2, 0) is 14.4 Å². The lowest BCUT2D eigenvalue weighted by atomic mass is 10.1. The van der Waals surface area contributed by atoms with E-state index < -0.39 is 23.8 Å². The summed E-state index contributed by atoms with van der Waals surface area (Å²) in [5.74, 6) is -1.68. The van der Waals surface area contributed by atoms with Gasteiger partial charge in [0.2, 0.25) is 5.91 Å². The van der Waals surface area contributed by atoms with Crippen LogP contribution < -0.4 is 16.8 Å². The molecule has 0 rings (SSSR count). The highest BCUT2D eigenvalue weighted by molar-refractivity contribution is 8.13.